The lowest BCUT2D eigenvalue weighted by atomic mass is 10.0. The zero-order valence-electron chi connectivity index (χ0n) is 16.6. The molecule has 0 aliphatic heterocycles. The molecule has 0 aliphatic carbocycles. The fourth-order valence-electron chi connectivity index (χ4n) is 3.30. The maximum absolute atomic E-state index is 12.7. The summed E-state index contributed by atoms with van der Waals surface area (Å²) in [5.74, 6) is 0.00495. The number of aromatic hydroxyl groups is 2. The zero-order chi connectivity index (χ0) is 21.8. The van der Waals surface area contributed by atoms with Crippen LogP contribution in [0.25, 0.3) is 10.8 Å². The normalized spacial score (nSPS) is 11.5. The van der Waals surface area contributed by atoms with E-state index in [1.54, 1.807) is 18.2 Å². The predicted molar refractivity (Wildman–Crippen MR) is 124 cm³/mol. The number of aliphatic imine (C=N–C) groups is 1. The lowest BCUT2D eigenvalue weighted by Gasteiger charge is -2.10. The number of nitrogens with one attached hydrogen (secondary N) is 1. The summed E-state index contributed by atoms with van der Waals surface area (Å²) in [4.78, 5) is 18.0. The van der Waals surface area contributed by atoms with Crippen molar-refractivity contribution in [3.8, 4) is 11.5 Å². The summed E-state index contributed by atoms with van der Waals surface area (Å²) in [7, 11) is 0. The molecule has 7 heteroatoms. The fraction of sp³-hybridized carbons (Fsp3) is 0.0833. The molecule has 156 valence electrons. The van der Waals surface area contributed by atoms with E-state index in [9.17, 15) is 15.0 Å². The average Bonchev–Trinajstić information content (AvgIpc) is 3.30. The number of fused-ring (bicyclic) bond motifs is 1. The van der Waals surface area contributed by atoms with Crippen molar-refractivity contribution in [1.29, 1.82) is 0 Å². The van der Waals surface area contributed by atoms with Crippen LogP contribution in [-0.4, -0.2) is 28.5 Å². The van der Waals surface area contributed by atoms with Crippen molar-refractivity contribution in [2.24, 2.45) is 10.7 Å². The van der Waals surface area contributed by atoms with E-state index in [1.807, 2.05) is 41.8 Å². The third-order valence-corrected chi connectivity index (χ3v) is 5.76. The third-order valence-electron chi connectivity index (χ3n) is 4.87. The number of nitrogens with two attached hydrogens (primary N) is 1. The molecule has 1 amide bonds. The van der Waals surface area contributed by atoms with Crippen LogP contribution >= 0.6 is 11.3 Å². The number of carbonyl (C=O) groups excluding carboxylic acids is 1. The van der Waals surface area contributed by atoms with Crippen LogP contribution in [0.1, 0.15) is 20.8 Å². The Hall–Kier alpha value is -3.84. The van der Waals surface area contributed by atoms with Gasteiger partial charge in [-0.05, 0) is 59.1 Å². The van der Waals surface area contributed by atoms with E-state index in [-0.39, 0.29) is 17.1 Å². The number of nitrogens with zero attached hydrogens (tertiary/aromatic N) is 1. The van der Waals surface area contributed by atoms with Gasteiger partial charge in [0.2, 0.25) is 0 Å². The smallest absolute Gasteiger partial charge is 0.255 e. The summed E-state index contributed by atoms with van der Waals surface area (Å²) in [6.07, 6.45) is 0.618. The Morgan fingerprint density at radius 1 is 1.03 bits per heavy atom. The van der Waals surface area contributed by atoms with Gasteiger partial charge in [0, 0.05) is 11.9 Å². The molecule has 0 atom stereocenters. The minimum atomic E-state index is -0.390. The summed E-state index contributed by atoms with van der Waals surface area (Å²) in [5.41, 5.74) is 7.97. The number of thiophene rings is 1. The maximum atomic E-state index is 12.7. The fourth-order valence-corrected chi connectivity index (χ4v) is 3.93. The summed E-state index contributed by atoms with van der Waals surface area (Å²) in [6, 6.07) is 19.4. The first-order valence-electron chi connectivity index (χ1n) is 9.71. The number of phenolic OH excluding ortho intramolecular Hbond substituents is 2. The first-order chi connectivity index (χ1) is 15.0. The van der Waals surface area contributed by atoms with E-state index in [0.29, 0.717) is 24.2 Å². The number of benzene rings is 3. The molecular formula is C24H21N3O3S. The predicted octanol–water partition coefficient (Wildman–Crippen LogP) is 4.32. The molecule has 1 heterocycles. The Balaban J connectivity index is 1.40. The van der Waals surface area contributed by atoms with Gasteiger partial charge in [-0.1, -0.05) is 30.3 Å². The number of carbonyl (C=O) groups is 1. The molecule has 5 N–H and O–H groups in total. The Morgan fingerprint density at radius 3 is 2.55 bits per heavy atom. The second kappa shape index (κ2) is 8.89. The van der Waals surface area contributed by atoms with Gasteiger partial charge in [0.05, 0.1) is 16.1 Å². The van der Waals surface area contributed by atoms with Gasteiger partial charge in [0.1, 0.15) is 17.3 Å². The van der Waals surface area contributed by atoms with Crippen molar-refractivity contribution in [3.05, 3.63) is 88.1 Å². The van der Waals surface area contributed by atoms with Gasteiger partial charge in [-0.15, -0.1) is 11.3 Å². The Labute approximate surface area is 183 Å². The highest BCUT2D eigenvalue weighted by Crippen LogP contribution is 2.29. The highest BCUT2D eigenvalue weighted by molar-refractivity contribution is 7.12. The van der Waals surface area contributed by atoms with Crippen molar-refractivity contribution >= 4 is 39.5 Å². The monoisotopic (exact) mass is 431 g/mol. The van der Waals surface area contributed by atoms with Crippen molar-refractivity contribution in [2.75, 3.05) is 6.54 Å². The number of rotatable bonds is 6. The molecule has 0 saturated heterocycles. The summed E-state index contributed by atoms with van der Waals surface area (Å²) in [5, 5.41) is 26.0. The summed E-state index contributed by atoms with van der Waals surface area (Å²) >= 11 is 1.54. The molecule has 4 rings (SSSR count). The van der Waals surface area contributed by atoms with E-state index in [0.717, 1.165) is 21.5 Å². The molecule has 0 radical (unpaired) electrons. The molecule has 31 heavy (non-hydrogen) atoms. The lowest BCUT2D eigenvalue weighted by molar-refractivity contribution is 0.0953. The van der Waals surface area contributed by atoms with E-state index in [1.165, 1.54) is 23.5 Å². The van der Waals surface area contributed by atoms with Gasteiger partial charge in [-0.25, -0.2) is 4.99 Å². The van der Waals surface area contributed by atoms with E-state index in [2.05, 4.69) is 10.3 Å². The number of hydrogen-bond donors (Lipinski definition) is 4. The Morgan fingerprint density at radius 2 is 1.81 bits per heavy atom. The topological polar surface area (TPSA) is 108 Å². The molecule has 0 fully saturated rings. The number of amides is 1. The lowest BCUT2D eigenvalue weighted by Crippen LogP contribution is -2.26. The van der Waals surface area contributed by atoms with Crippen LogP contribution in [-0.2, 0) is 6.42 Å². The molecular weight excluding hydrogens is 410 g/mol. The van der Waals surface area contributed by atoms with Crippen LogP contribution in [0.15, 0.2) is 77.1 Å². The SMILES string of the molecule is NC(=Nc1ccc(CCNC(=O)c2c(O)ccc3ccc(O)cc23)cc1)c1cccs1. The minimum Gasteiger partial charge on any atom is -0.508 e. The van der Waals surface area contributed by atoms with E-state index < -0.39 is 5.91 Å². The van der Waals surface area contributed by atoms with Gasteiger partial charge in [0.25, 0.3) is 5.91 Å². The maximum Gasteiger partial charge on any atom is 0.255 e. The van der Waals surface area contributed by atoms with E-state index in [4.69, 9.17) is 5.73 Å². The second-order valence-corrected chi connectivity index (χ2v) is 7.96. The van der Waals surface area contributed by atoms with Crippen LogP contribution in [0.4, 0.5) is 5.69 Å². The molecule has 4 aromatic rings. The number of phenols is 2. The molecule has 0 saturated carbocycles. The number of amidine groups is 1. The van der Waals surface area contributed by atoms with E-state index >= 15 is 0 Å². The zero-order valence-corrected chi connectivity index (χ0v) is 17.4. The molecule has 6 nitrogen and oxygen atoms in total. The number of hydrogen-bond acceptors (Lipinski definition) is 5. The molecule has 0 aliphatic rings. The summed E-state index contributed by atoms with van der Waals surface area (Å²) < 4.78 is 0. The third kappa shape index (κ3) is 4.67. The molecule has 3 aromatic carbocycles. The Bertz CT molecular complexity index is 1240. The second-order valence-electron chi connectivity index (χ2n) is 7.01. The van der Waals surface area contributed by atoms with Crippen LogP contribution in [0.3, 0.4) is 0 Å². The quantitative estimate of drug-likeness (QED) is 0.269. The highest BCUT2D eigenvalue weighted by Gasteiger charge is 2.15. The van der Waals surface area contributed by atoms with Gasteiger partial charge in [-0.3, -0.25) is 4.79 Å². The minimum absolute atomic E-state index is 0.0367. The van der Waals surface area contributed by atoms with Crippen molar-refractivity contribution < 1.29 is 15.0 Å². The first kappa shape index (κ1) is 20.4. The average molecular weight is 432 g/mol. The van der Waals surface area contributed by atoms with Crippen molar-refractivity contribution in [2.45, 2.75) is 6.42 Å². The van der Waals surface area contributed by atoms with Crippen molar-refractivity contribution in [3.63, 3.8) is 0 Å². The van der Waals surface area contributed by atoms with Crippen LogP contribution in [0.5, 0.6) is 11.5 Å². The van der Waals surface area contributed by atoms with Crippen molar-refractivity contribution in [1.82, 2.24) is 5.32 Å². The Kier molecular flexibility index (Phi) is 5.86. The van der Waals surface area contributed by atoms with Gasteiger partial charge in [0.15, 0.2) is 0 Å². The largest absolute Gasteiger partial charge is 0.508 e. The van der Waals surface area contributed by atoms with Gasteiger partial charge >= 0.3 is 0 Å². The highest BCUT2D eigenvalue weighted by atomic mass is 32.1. The first-order valence-corrected chi connectivity index (χ1v) is 10.6. The van der Waals surface area contributed by atoms with Crippen LogP contribution in [0.2, 0.25) is 0 Å². The van der Waals surface area contributed by atoms with Gasteiger partial charge in [-0.2, -0.15) is 0 Å². The van der Waals surface area contributed by atoms with Crippen LogP contribution < -0.4 is 11.1 Å². The van der Waals surface area contributed by atoms with Gasteiger partial charge < -0.3 is 21.3 Å². The molecule has 1 aromatic heterocycles. The summed E-state index contributed by atoms with van der Waals surface area (Å²) in [6.45, 7) is 0.396. The molecule has 0 unspecified atom stereocenters. The molecule has 0 spiro atoms. The van der Waals surface area contributed by atoms with Crippen LogP contribution in [0, 0.1) is 0 Å². The standard InChI is InChI=1S/C24H21N3O3S/c25-23(21-2-1-13-31-21)27-17-7-3-15(4-8-17)11-12-26-24(30)22-19-14-18(28)9-5-16(19)6-10-20(22)29/h1-10,13-14,28-29H,11-12H2,(H2,25,27)(H,26,30). The molecule has 0 bridgehead atoms.